The molecule has 0 rings (SSSR count). The maximum absolute atomic E-state index is 11.3. The van der Waals surface area contributed by atoms with Gasteiger partial charge in [-0.3, -0.25) is 0 Å². The lowest BCUT2D eigenvalue weighted by Gasteiger charge is -2.20. The highest BCUT2D eigenvalue weighted by molar-refractivity contribution is 5.91. The fourth-order valence-corrected chi connectivity index (χ4v) is 1.10. The van der Waals surface area contributed by atoms with Crippen LogP contribution in [-0.2, 0) is 23.8 Å². The Labute approximate surface area is 118 Å². The van der Waals surface area contributed by atoms with Crippen LogP contribution in [0.2, 0.25) is 0 Å². The van der Waals surface area contributed by atoms with E-state index >= 15 is 0 Å². The summed E-state index contributed by atoms with van der Waals surface area (Å²) in [7, 11) is 1.20. The minimum absolute atomic E-state index is 0.0185. The van der Waals surface area contributed by atoms with Crippen LogP contribution in [-0.4, -0.2) is 44.4 Å². The summed E-state index contributed by atoms with van der Waals surface area (Å²) < 4.78 is 14.3. The normalized spacial score (nSPS) is 12.1. The number of rotatable bonds is 7. The Balaban J connectivity index is 4.27. The SMILES string of the molecule is CCNC(=O)O[C@@H](COC(=O)/C=C/C(=O)OC)C(C)C. The lowest BCUT2D eigenvalue weighted by atomic mass is 10.1. The van der Waals surface area contributed by atoms with Crippen LogP contribution in [0.1, 0.15) is 20.8 Å². The van der Waals surface area contributed by atoms with E-state index in [0.717, 1.165) is 12.2 Å². The standard InChI is InChI=1S/C13H21NO6/c1-5-14-13(17)20-10(9(2)3)8-19-12(16)7-6-11(15)18-4/h6-7,9-10H,5,8H2,1-4H3,(H,14,17)/b7-6+/t10-/m0/s1. The Hall–Kier alpha value is -2.05. The van der Waals surface area contributed by atoms with E-state index < -0.39 is 24.1 Å². The van der Waals surface area contributed by atoms with Crippen molar-refractivity contribution in [3.05, 3.63) is 12.2 Å². The first-order valence-corrected chi connectivity index (χ1v) is 6.27. The van der Waals surface area contributed by atoms with Crippen molar-refractivity contribution < 1.29 is 28.6 Å². The average Bonchev–Trinajstić information content (AvgIpc) is 2.40. The average molecular weight is 287 g/mol. The van der Waals surface area contributed by atoms with Crippen molar-refractivity contribution in [1.82, 2.24) is 5.32 Å². The highest BCUT2D eigenvalue weighted by atomic mass is 16.6. The van der Waals surface area contributed by atoms with Crippen LogP contribution in [0.5, 0.6) is 0 Å². The molecule has 0 aromatic carbocycles. The molecule has 0 spiro atoms. The van der Waals surface area contributed by atoms with Gasteiger partial charge in [-0.2, -0.15) is 0 Å². The Kier molecular flexibility index (Phi) is 8.82. The predicted molar refractivity (Wildman–Crippen MR) is 70.9 cm³/mol. The number of carbonyl (C=O) groups excluding carboxylic acids is 3. The van der Waals surface area contributed by atoms with Gasteiger partial charge in [0.1, 0.15) is 12.7 Å². The molecular formula is C13H21NO6. The van der Waals surface area contributed by atoms with Gasteiger partial charge in [0.25, 0.3) is 0 Å². The molecule has 0 aliphatic rings. The number of ether oxygens (including phenoxy) is 3. The van der Waals surface area contributed by atoms with Crippen LogP contribution in [0.3, 0.4) is 0 Å². The maximum Gasteiger partial charge on any atom is 0.407 e. The van der Waals surface area contributed by atoms with Crippen molar-refractivity contribution in [2.75, 3.05) is 20.3 Å². The number of carbonyl (C=O) groups is 3. The van der Waals surface area contributed by atoms with E-state index in [-0.39, 0.29) is 12.5 Å². The van der Waals surface area contributed by atoms with E-state index in [0.29, 0.717) is 6.54 Å². The van der Waals surface area contributed by atoms with E-state index in [9.17, 15) is 14.4 Å². The van der Waals surface area contributed by atoms with Crippen LogP contribution in [0.4, 0.5) is 4.79 Å². The van der Waals surface area contributed by atoms with Crippen LogP contribution in [0.25, 0.3) is 0 Å². The molecule has 20 heavy (non-hydrogen) atoms. The molecule has 1 N–H and O–H groups in total. The van der Waals surface area contributed by atoms with Crippen molar-refractivity contribution in [3.8, 4) is 0 Å². The Morgan fingerprint density at radius 3 is 2.25 bits per heavy atom. The topological polar surface area (TPSA) is 90.9 Å². The molecule has 0 heterocycles. The number of esters is 2. The zero-order chi connectivity index (χ0) is 15.5. The van der Waals surface area contributed by atoms with Gasteiger partial charge in [0.05, 0.1) is 7.11 Å². The molecule has 114 valence electrons. The van der Waals surface area contributed by atoms with Gasteiger partial charge in [-0.25, -0.2) is 14.4 Å². The van der Waals surface area contributed by atoms with Gasteiger partial charge in [0.15, 0.2) is 0 Å². The summed E-state index contributed by atoms with van der Waals surface area (Å²) in [5.41, 5.74) is 0. The second-order valence-electron chi connectivity index (χ2n) is 4.20. The molecule has 0 aliphatic heterocycles. The molecule has 1 atom stereocenters. The highest BCUT2D eigenvalue weighted by Gasteiger charge is 2.19. The third-order valence-corrected chi connectivity index (χ3v) is 2.27. The molecule has 0 unspecified atom stereocenters. The van der Waals surface area contributed by atoms with Gasteiger partial charge in [-0.1, -0.05) is 13.8 Å². The van der Waals surface area contributed by atoms with E-state index in [2.05, 4.69) is 10.1 Å². The molecule has 0 fully saturated rings. The summed E-state index contributed by atoms with van der Waals surface area (Å²) in [6, 6.07) is 0. The zero-order valence-electron chi connectivity index (χ0n) is 12.2. The second-order valence-corrected chi connectivity index (χ2v) is 4.20. The van der Waals surface area contributed by atoms with Gasteiger partial charge in [0.2, 0.25) is 0 Å². The van der Waals surface area contributed by atoms with Crippen molar-refractivity contribution in [3.63, 3.8) is 0 Å². The molecule has 0 aromatic rings. The number of nitrogens with one attached hydrogen (secondary N) is 1. The molecular weight excluding hydrogens is 266 g/mol. The fourth-order valence-electron chi connectivity index (χ4n) is 1.10. The first-order chi connectivity index (χ1) is 9.40. The van der Waals surface area contributed by atoms with E-state index in [1.54, 1.807) is 6.92 Å². The largest absolute Gasteiger partial charge is 0.466 e. The second kappa shape index (κ2) is 9.82. The Morgan fingerprint density at radius 1 is 1.15 bits per heavy atom. The van der Waals surface area contributed by atoms with E-state index in [1.165, 1.54) is 7.11 Å². The third kappa shape index (κ3) is 8.12. The van der Waals surface area contributed by atoms with Crippen LogP contribution in [0, 0.1) is 5.92 Å². The van der Waals surface area contributed by atoms with Crippen LogP contribution in [0.15, 0.2) is 12.2 Å². The summed E-state index contributed by atoms with van der Waals surface area (Å²) in [6.45, 7) is 5.80. The van der Waals surface area contributed by atoms with Gasteiger partial charge in [-0.15, -0.1) is 0 Å². The smallest absolute Gasteiger partial charge is 0.407 e. The highest BCUT2D eigenvalue weighted by Crippen LogP contribution is 2.08. The van der Waals surface area contributed by atoms with Gasteiger partial charge in [0, 0.05) is 18.7 Å². The predicted octanol–water partition coefficient (Wildman–Crippen LogP) is 1.03. The van der Waals surface area contributed by atoms with Crippen molar-refractivity contribution in [1.29, 1.82) is 0 Å². The van der Waals surface area contributed by atoms with Crippen molar-refractivity contribution >= 4 is 18.0 Å². The fraction of sp³-hybridized carbons (Fsp3) is 0.615. The number of amides is 1. The zero-order valence-corrected chi connectivity index (χ0v) is 12.2. The molecule has 0 aliphatic carbocycles. The van der Waals surface area contributed by atoms with Gasteiger partial charge >= 0.3 is 18.0 Å². The summed E-state index contributed by atoms with van der Waals surface area (Å²) in [6.07, 6.45) is 0.788. The quantitative estimate of drug-likeness (QED) is 0.427. The molecule has 0 bridgehead atoms. The monoisotopic (exact) mass is 287 g/mol. The van der Waals surface area contributed by atoms with Crippen molar-refractivity contribution in [2.24, 2.45) is 5.92 Å². The molecule has 0 saturated heterocycles. The minimum atomic E-state index is -0.708. The number of hydrogen-bond donors (Lipinski definition) is 1. The molecule has 0 aromatic heterocycles. The summed E-state index contributed by atoms with van der Waals surface area (Å²) >= 11 is 0. The van der Waals surface area contributed by atoms with Crippen molar-refractivity contribution in [2.45, 2.75) is 26.9 Å². The lowest BCUT2D eigenvalue weighted by molar-refractivity contribution is -0.142. The van der Waals surface area contributed by atoms with E-state index in [1.807, 2.05) is 13.8 Å². The first kappa shape index (κ1) is 17.9. The molecule has 1 amide bonds. The summed E-state index contributed by atoms with van der Waals surface area (Å²) in [4.78, 5) is 33.4. The summed E-state index contributed by atoms with van der Waals surface area (Å²) in [5.74, 6) is -1.38. The van der Waals surface area contributed by atoms with Gasteiger partial charge in [-0.05, 0) is 12.8 Å². The summed E-state index contributed by atoms with van der Waals surface area (Å²) in [5, 5.41) is 2.49. The van der Waals surface area contributed by atoms with Crippen LogP contribution >= 0.6 is 0 Å². The number of alkyl carbamates (subject to hydrolysis) is 1. The first-order valence-electron chi connectivity index (χ1n) is 6.27. The van der Waals surface area contributed by atoms with Gasteiger partial charge < -0.3 is 19.5 Å². The Bertz CT molecular complexity index is 364. The molecule has 0 radical (unpaired) electrons. The maximum atomic E-state index is 11.3. The molecule has 0 saturated carbocycles. The minimum Gasteiger partial charge on any atom is -0.466 e. The number of methoxy groups -OCH3 is 1. The van der Waals surface area contributed by atoms with E-state index in [4.69, 9.17) is 9.47 Å². The number of hydrogen-bond acceptors (Lipinski definition) is 6. The molecule has 7 nitrogen and oxygen atoms in total. The Morgan fingerprint density at radius 2 is 1.75 bits per heavy atom. The lowest BCUT2D eigenvalue weighted by Crippen LogP contribution is -2.34. The third-order valence-electron chi connectivity index (χ3n) is 2.27. The van der Waals surface area contributed by atoms with Crippen LogP contribution < -0.4 is 5.32 Å². The molecule has 7 heteroatoms.